The third kappa shape index (κ3) is 3.90. The van der Waals surface area contributed by atoms with Crippen molar-refractivity contribution in [1.29, 1.82) is 0 Å². The second-order valence-electron chi connectivity index (χ2n) is 5.95. The summed E-state index contributed by atoms with van der Waals surface area (Å²) < 4.78 is 0. The minimum atomic E-state index is -1.25. The summed E-state index contributed by atoms with van der Waals surface area (Å²) in [6.07, 6.45) is 2.00. The first kappa shape index (κ1) is 16.9. The van der Waals surface area contributed by atoms with Gasteiger partial charge in [0.15, 0.2) is 0 Å². The van der Waals surface area contributed by atoms with Gasteiger partial charge in [-0.15, -0.1) is 0 Å². The quantitative estimate of drug-likeness (QED) is 0.686. The molecule has 0 bridgehead atoms. The molecule has 7 nitrogen and oxygen atoms in total. The Morgan fingerprint density at radius 1 is 1.24 bits per heavy atom. The van der Waals surface area contributed by atoms with Crippen molar-refractivity contribution < 1.29 is 24.3 Å². The highest BCUT2D eigenvalue weighted by Gasteiger charge is 2.41. The van der Waals surface area contributed by atoms with Gasteiger partial charge in [0.25, 0.3) is 11.8 Å². The highest BCUT2D eigenvalue weighted by molar-refractivity contribution is 6.15. The molecule has 2 N–H and O–H groups in total. The molecule has 1 aliphatic heterocycles. The standard InChI is InChI=1S/C14H20N2O5/c1-8(2)15-12(19)9(7-14(3,4)13(20)21)16-10(17)5-6-11(16)18/h5-6,8-9H,7H2,1-4H3,(H,15,19)(H,20,21). The number of hydrogen-bond donors (Lipinski definition) is 2. The van der Waals surface area contributed by atoms with Gasteiger partial charge in [0.05, 0.1) is 5.41 Å². The number of rotatable bonds is 6. The van der Waals surface area contributed by atoms with E-state index in [1.807, 2.05) is 0 Å². The Bertz CT molecular complexity index is 489. The van der Waals surface area contributed by atoms with Gasteiger partial charge in [0.1, 0.15) is 6.04 Å². The number of nitrogens with one attached hydrogen (secondary N) is 1. The van der Waals surface area contributed by atoms with Crippen molar-refractivity contribution in [2.24, 2.45) is 5.41 Å². The molecular formula is C14H20N2O5. The van der Waals surface area contributed by atoms with Crippen LogP contribution in [-0.2, 0) is 19.2 Å². The van der Waals surface area contributed by atoms with Gasteiger partial charge in [-0.05, 0) is 34.1 Å². The smallest absolute Gasteiger partial charge is 0.309 e. The zero-order valence-corrected chi connectivity index (χ0v) is 12.5. The van der Waals surface area contributed by atoms with Crippen LogP contribution in [0, 0.1) is 5.41 Å². The second-order valence-corrected chi connectivity index (χ2v) is 5.95. The van der Waals surface area contributed by atoms with Gasteiger partial charge < -0.3 is 10.4 Å². The molecule has 7 heteroatoms. The zero-order chi connectivity index (χ0) is 16.4. The maximum absolute atomic E-state index is 12.3. The van der Waals surface area contributed by atoms with Crippen LogP contribution in [-0.4, -0.2) is 45.8 Å². The maximum atomic E-state index is 12.3. The lowest BCUT2D eigenvalue weighted by atomic mass is 9.85. The van der Waals surface area contributed by atoms with Gasteiger partial charge in [0, 0.05) is 18.2 Å². The summed E-state index contributed by atoms with van der Waals surface area (Å²) in [7, 11) is 0. The van der Waals surface area contributed by atoms with Crippen molar-refractivity contribution in [2.75, 3.05) is 0 Å². The van der Waals surface area contributed by atoms with Crippen LogP contribution in [0.5, 0.6) is 0 Å². The van der Waals surface area contributed by atoms with Crippen molar-refractivity contribution in [3.63, 3.8) is 0 Å². The monoisotopic (exact) mass is 296 g/mol. The van der Waals surface area contributed by atoms with Crippen molar-refractivity contribution in [1.82, 2.24) is 10.2 Å². The third-order valence-electron chi connectivity index (χ3n) is 3.17. The molecule has 116 valence electrons. The largest absolute Gasteiger partial charge is 0.481 e. The van der Waals surface area contributed by atoms with E-state index >= 15 is 0 Å². The normalized spacial score (nSPS) is 16.5. The fourth-order valence-electron chi connectivity index (χ4n) is 1.97. The highest BCUT2D eigenvalue weighted by atomic mass is 16.4. The number of hydrogen-bond acceptors (Lipinski definition) is 4. The minimum Gasteiger partial charge on any atom is -0.481 e. The van der Waals surface area contributed by atoms with Gasteiger partial charge in [-0.1, -0.05) is 0 Å². The Balaban J connectivity index is 3.06. The van der Waals surface area contributed by atoms with Crippen LogP contribution in [0.2, 0.25) is 0 Å². The molecule has 0 radical (unpaired) electrons. The Hall–Kier alpha value is -2.18. The van der Waals surface area contributed by atoms with Crippen molar-refractivity contribution in [2.45, 2.75) is 46.2 Å². The number of aliphatic carboxylic acids is 1. The number of carbonyl (C=O) groups excluding carboxylic acids is 3. The summed E-state index contributed by atoms with van der Waals surface area (Å²) in [4.78, 5) is 47.8. The van der Waals surface area contributed by atoms with Gasteiger partial charge >= 0.3 is 5.97 Å². The number of carboxylic acids is 1. The van der Waals surface area contributed by atoms with E-state index in [4.69, 9.17) is 0 Å². The Kier molecular flexibility index (Phi) is 4.88. The van der Waals surface area contributed by atoms with Gasteiger partial charge in [-0.3, -0.25) is 24.1 Å². The highest BCUT2D eigenvalue weighted by Crippen LogP contribution is 2.27. The Morgan fingerprint density at radius 2 is 1.71 bits per heavy atom. The summed E-state index contributed by atoms with van der Waals surface area (Å²) in [5.74, 6) is -2.85. The lowest BCUT2D eigenvalue weighted by molar-refractivity contribution is -0.153. The molecule has 0 aromatic heterocycles. The van der Waals surface area contributed by atoms with Crippen molar-refractivity contribution in [3.8, 4) is 0 Å². The maximum Gasteiger partial charge on any atom is 0.309 e. The first-order valence-electron chi connectivity index (χ1n) is 6.65. The van der Waals surface area contributed by atoms with E-state index in [1.165, 1.54) is 13.8 Å². The van der Waals surface area contributed by atoms with Crippen LogP contribution < -0.4 is 5.32 Å². The molecule has 1 unspecified atom stereocenters. The summed E-state index contributed by atoms with van der Waals surface area (Å²) >= 11 is 0. The first-order chi connectivity index (χ1) is 9.56. The SMILES string of the molecule is CC(C)NC(=O)C(CC(C)(C)C(=O)O)N1C(=O)C=CC1=O. The molecule has 1 atom stereocenters. The van der Waals surface area contributed by atoms with Crippen LogP contribution >= 0.6 is 0 Å². The summed E-state index contributed by atoms with van der Waals surface area (Å²) in [5.41, 5.74) is -1.25. The molecule has 0 aliphatic carbocycles. The fraction of sp³-hybridized carbons (Fsp3) is 0.571. The number of carboxylic acid groups (broad SMARTS) is 1. The predicted molar refractivity (Wildman–Crippen MR) is 74.1 cm³/mol. The van der Waals surface area contributed by atoms with E-state index in [0.29, 0.717) is 0 Å². The average Bonchev–Trinajstić information content (AvgIpc) is 2.65. The Morgan fingerprint density at radius 3 is 2.10 bits per heavy atom. The summed E-state index contributed by atoms with van der Waals surface area (Å²) in [6.45, 7) is 6.37. The van der Waals surface area contributed by atoms with E-state index in [9.17, 15) is 24.3 Å². The fourth-order valence-corrected chi connectivity index (χ4v) is 1.97. The van der Waals surface area contributed by atoms with E-state index in [2.05, 4.69) is 5.32 Å². The molecule has 0 fully saturated rings. The van der Waals surface area contributed by atoms with E-state index in [0.717, 1.165) is 17.1 Å². The van der Waals surface area contributed by atoms with Gasteiger partial charge in [-0.2, -0.15) is 0 Å². The number of carbonyl (C=O) groups is 4. The molecule has 1 heterocycles. The van der Waals surface area contributed by atoms with Crippen LogP contribution in [0.4, 0.5) is 0 Å². The predicted octanol–water partition coefficient (Wildman–Crippen LogP) is 0.305. The molecule has 0 aromatic carbocycles. The lowest BCUT2D eigenvalue weighted by Crippen LogP contribution is -2.53. The second kappa shape index (κ2) is 6.07. The molecule has 0 saturated carbocycles. The van der Waals surface area contributed by atoms with Crippen LogP contribution in [0.3, 0.4) is 0 Å². The first-order valence-corrected chi connectivity index (χ1v) is 6.65. The van der Waals surface area contributed by atoms with E-state index in [-0.39, 0.29) is 12.5 Å². The van der Waals surface area contributed by atoms with E-state index in [1.54, 1.807) is 13.8 Å². The summed E-state index contributed by atoms with van der Waals surface area (Å²) in [5, 5.41) is 11.8. The molecule has 21 heavy (non-hydrogen) atoms. The lowest BCUT2D eigenvalue weighted by Gasteiger charge is -2.31. The third-order valence-corrected chi connectivity index (χ3v) is 3.17. The molecule has 0 spiro atoms. The summed E-state index contributed by atoms with van der Waals surface area (Å²) in [6, 6.07) is -1.33. The molecule has 0 aromatic rings. The topological polar surface area (TPSA) is 104 Å². The minimum absolute atomic E-state index is 0.153. The number of imide groups is 1. The van der Waals surface area contributed by atoms with Gasteiger partial charge in [0.2, 0.25) is 5.91 Å². The van der Waals surface area contributed by atoms with Crippen LogP contribution in [0.15, 0.2) is 12.2 Å². The van der Waals surface area contributed by atoms with Crippen LogP contribution in [0.1, 0.15) is 34.1 Å². The molecular weight excluding hydrogens is 276 g/mol. The molecule has 3 amide bonds. The average molecular weight is 296 g/mol. The zero-order valence-electron chi connectivity index (χ0n) is 12.5. The molecule has 1 rings (SSSR count). The van der Waals surface area contributed by atoms with Crippen LogP contribution in [0.25, 0.3) is 0 Å². The number of nitrogens with zero attached hydrogens (tertiary/aromatic N) is 1. The number of amides is 3. The van der Waals surface area contributed by atoms with E-state index < -0.39 is 35.1 Å². The van der Waals surface area contributed by atoms with Gasteiger partial charge in [-0.25, -0.2) is 0 Å². The van der Waals surface area contributed by atoms with Crippen molar-refractivity contribution in [3.05, 3.63) is 12.2 Å². The molecule has 1 aliphatic rings. The Labute approximate surface area is 123 Å². The van der Waals surface area contributed by atoms with Crippen molar-refractivity contribution >= 4 is 23.7 Å². The molecule has 0 saturated heterocycles.